The molecule has 0 fully saturated rings. The largest absolute Gasteiger partial charge is 0.546 e. The molecule has 0 unspecified atom stereocenters. The standard InChI is InChI=1S/C12H20BrNOSi/c1-8-10(12(2,3)4)9(15-16(5)6)7-14-11(8)13/h7,16H,1-6H3. The van der Waals surface area contributed by atoms with Crippen LogP contribution in [0.5, 0.6) is 5.75 Å². The monoisotopic (exact) mass is 301 g/mol. The van der Waals surface area contributed by atoms with Crippen LogP contribution < -0.4 is 4.43 Å². The summed E-state index contributed by atoms with van der Waals surface area (Å²) in [4.78, 5) is 4.32. The van der Waals surface area contributed by atoms with Crippen LogP contribution in [0.2, 0.25) is 13.1 Å². The summed E-state index contributed by atoms with van der Waals surface area (Å²) in [7, 11) is -1.09. The maximum absolute atomic E-state index is 5.96. The molecule has 0 amide bonds. The minimum atomic E-state index is -1.09. The van der Waals surface area contributed by atoms with Crippen molar-refractivity contribution in [1.29, 1.82) is 0 Å². The van der Waals surface area contributed by atoms with Gasteiger partial charge in [-0.3, -0.25) is 0 Å². The third-order valence-corrected chi connectivity index (χ3v) is 3.86. The molecule has 16 heavy (non-hydrogen) atoms. The second kappa shape index (κ2) is 4.88. The first-order chi connectivity index (χ1) is 7.23. The molecule has 0 N–H and O–H groups in total. The first-order valence-electron chi connectivity index (χ1n) is 5.55. The van der Waals surface area contributed by atoms with Gasteiger partial charge < -0.3 is 4.43 Å². The first kappa shape index (κ1) is 13.7. The van der Waals surface area contributed by atoms with E-state index in [1.54, 1.807) is 0 Å². The van der Waals surface area contributed by atoms with Crippen molar-refractivity contribution in [3.05, 3.63) is 21.9 Å². The predicted octanol–water partition coefficient (Wildman–Crippen LogP) is 3.81. The van der Waals surface area contributed by atoms with E-state index >= 15 is 0 Å². The van der Waals surface area contributed by atoms with Crippen LogP contribution in [-0.4, -0.2) is 14.0 Å². The number of pyridine rings is 1. The summed E-state index contributed by atoms with van der Waals surface area (Å²) in [5.74, 6) is 0.954. The van der Waals surface area contributed by atoms with Gasteiger partial charge in [0.05, 0.1) is 6.20 Å². The van der Waals surface area contributed by atoms with Crippen LogP contribution in [0.3, 0.4) is 0 Å². The van der Waals surface area contributed by atoms with E-state index in [0.29, 0.717) is 0 Å². The fourth-order valence-electron chi connectivity index (χ4n) is 1.84. The third-order valence-electron chi connectivity index (χ3n) is 2.34. The zero-order chi connectivity index (χ0) is 12.5. The lowest BCUT2D eigenvalue weighted by molar-refractivity contribution is 0.513. The minimum absolute atomic E-state index is 0.0775. The van der Waals surface area contributed by atoms with E-state index in [1.807, 2.05) is 6.20 Å². The van der Waals surface area contributed by atoms with E-state index in [0.717, 1.165) is 10.4 Å². The Balaban J connectivity index is 3.33. The second-order valence-corrected chi connectivity index (χ2v) is 8.41. The Hall–Kier alpha value is -0.353. The lowest BCUT2D eigenvalue weighted by Crippen LogP contribution is -2.20. The molecule has 1 heterocycles. The Morgan fingerprint density at radius 2 is 1.88 bits per heavy atom. The fourth-order valence-corrected chi connectivity index (χ4v) is 2.83. The van der Waals surface area contributed by atoms with Gasteiger partial charge in [0.25, 0.3) is 0 Å². The highest BCUT2D eigenvalue weighted by Crippen LogP contribution is 2.36. The van der Waals surface area contributed by atoms with E-state index in [-0.39, 0.29) is 5.41 Å². The Morgan fingerprint density at radius 3 is 2.31 bits per heavy atom. The topological polar surface area (TPSA) is 22.1 Å². The molecule has 0 aliphatic carbocycles. The normalized spacial score (nSPS) is 12.0. The predicted molar refractivity (Wildman–Crippen MR) is 74.9 cm³/mol. The molecule has 0 atom stereocenters. The third kappa shape index (κ3) is 3.07. The number of rotatable bonds is 2. The molecule has 1 rings (SSSR count). The Bertz CT molecular complexity index is 385. The highest BCUT2D eigenvalue weighted by Gasteiger charge is 2.23. The Kier molecular flexibility index (Phi) is 4.18. The SMILES string of the molecule is Cc1c(Br)ncc(O[SiH](C)C)c1C(C)(C)C. The summed E-state index contributed by atoms with van der Waals surface area (Å²) < 4.78 is 6.88. The van der Waals surface area contributed by atoms with Crippen LogP contribution in [0.15, 0.2) is 10.8 Å². The number of nitrogens with zero attached hydrogens (tertiary/aromatic N) is 1. The zero-order valence-electron chi connectivity index (χ0n) is 10.9. The van der Waals surface area contributed by atoms with Gasteiger partial charge in [-0.25, -0.2) is 4.98 Å². The summed E-state index contributed by atoms with van der Waals surface area (Å²) >= 11 is 3.48. The number of hydrogen-bond donors (Lipinski definition) is 0. The van der Waals surface area contributed by atoms with Gasteiger partial charge in [0.2, 0.25) is 9.04 Å². The maximum Gasteiger partial charge on any atom is 0.229 e. The van der Waals surface area contributed by atoms with Gasteiger partial charge in [-0.1, -0.05) is 20.8 Å². The molecule has 0 aliphatic heterocycles. The molecule has 1 aromatic heterocycles. The summed E-state index contributed by atoms with van der Waals surface area (Å²) in [6.45, 7) is 13.0. The lowest BCUT2D eigenvalue weighted by atomic mass is 9.84. The van der Waals surface area contributed by atoms with Crippen molar-refractivity contribution >= 4 is 25.0 Å². The number of halogens is 1. The molecule has 0 aromatic carbocycles. The van der Waals surface area contributed by atoms with Crippen molar-refractivity contribution in [3.8, 4) is 5.75 Å². The lowest BCUT2D eigenvalue weighted by Gasteiger charge is -2.26. The van der Waals surface area contributed by atoms with Crippen molar-refractivity contribution in [2.75, 3.05) is 0 Å². The van der Waals surface area contributed by atoms with Crippen LogP contribution in [-0.2, 0) is 5.41 Å². The minimum Gasteiger partial charge on any atom is -0.546 e. The smallest absolute Gasteiger partial charge is 0.229 e. The molecular weight excluding hydrogens is 282 g/mol. The van der Waals surface area contributed by atoms with Crippen molar-refractivity contribution in [1.82, 2.24) is 4.98 Å². The second-order valence-electron chi connectivity index (χ2n) is 5.33. The maximum atomic E-state index is 5.96. The molecule has 0 aliphatic rings. The first-order valence-corrected chi connectivity index (χ1v) is 9.13. The number of hydrogen-bond acceptors (Lipinski definition) is 2. The van der Waals surface area contributed by atoms with Crippen LogP contribution in [0, 0.1) is 6.92 Å². The van der Waals surface area contributed by atoms with E-state index in [4.69, 9.17) is 4.43 Å². The summed E-state index contributed by atoms with van der Waals surface area (Å²) in [6, 6.07) is 0. The molecule has 0 saturated carbocycles. The van der Waals surface area contributed by atoms with Gasteiger partial charge in [-0.2, -0.15) is 0 Å². The zero-order valence-corrected chi connectivity index (χ0v) is 13.6. The van der Waals surface area contributed by atoms with E-state index in [9.17, 15) is 0 Å². The number of aromatic nitrogens is 1. The average Bonchev–Trinajstić information content (AvgIpc) is 2.08. The molecule has 1 aromatic rings. The quantitative estimate of drug-likeness (QED) is 0.612. The van der Waals surface area contributed by atoms with Crippen molar-refractivity contribution in [3.63, 3.8) is 0 Å². The Morgan fingerprint density at radius 1 is 1.31 bits per heavy atom. The summed E-state index contributed by atoms with van der Waals surface area (Å²) in [5, 5.41) is 0. The van der Waals surface area contributed by atoms with Crippen molar-refractivity contribution in [2.24, 2.45) is 0 Å². The van der Waals surface area contributed by atoms with Crippen molar-refractivity contribution < 1.29 is 4.43 Å². The van der Waals surface area contributed by atoms with Gasteiger partial charge in [0, 0.05) is 5.56 Å². The van der Waals surface area contributed by atoms with Gasteiger partial charge in [-0.15, -0.1) is 0 Å². The highest BCUT2D eigenvalue weighted by molar-refractivity contribution is 9.10. The highest BCUT2D eigenvalue weighted by atomic mass is 79.9. The van der Waals surface area contributed by atoms with Gasteiger partial charge >= 0.3 is 0 Å². The molecule has 0 bridgehead atoms. The molecule has 4 heteroatoms. The van der Waals surface area contributed by atoms with Gasteiger partial charge in [0.1, 0.15) is 10.4 Å². The Labute approximate surface area is 108 Å². The van der Waals surface area contributed by atoms with Gasteiger partial charge in [-0.05, 0) is 46.9 Å². The van der Waals surface area contributed by atoms with E-state index in [1.165, 1.54) is 11.1 Å². The van der Waals surface area contributed by atoms with Crippen LogP contribution in [0.1, 0.15) is 31.9 Å². The molecule has 2 nitrogen and oxygen atoms in total. The van der Waals surface area contributed by atoms with E-state index in [2.05, 4.69) is 61.7 Å². The fraction of sp³-hybridized carbons (Fsp3) is 0.583. The average molecular weight is 302 g/mol. The molecule has 90 valence electrons. The van der Waals surface area contributed by atoms with E-state index < -0.39 is 9.04 Å². The van der Waals surface area contributed by atoms with Crippen LogP contribution in [0.25, 0.3) is 0 Å². The molecule has 0 saturated heterocycles. The molecule has 0 radical (unpaired) electrons. The van der Waals surface area contributed by atoms with Crippen molar-refractivity contribution in [2.45, 2.75) is 46.2 Å². The molecule has 0 spiro atoms. The molecular formula is C12H20BrNOSi. The summed E-state index contributed by atoms with van der Waals surface area (Å²) in [5.41, 5.74) is 2.52. The van der Waals surface area contributed by atoms with Crippen LogP contribution in [0.4, 0.5) is 0 Å². The summed E-state index contributed by atoms with van der Waals surface area (Å²) in [6.07, 6.45) is 1.84. The van der Waals surface area contributed by atoms with Crippen LogP contribution >= 0.6 is 15.9 Å². The van der Waals surface area contributed by atoms with Gasteiger partial charge in [0.15, 0.2) is 0 Å².